The van der Waals surface area contributed by atoms with Crippen LogP contribution in [0.25, 0.3) is 0 Å². The summed E-state index contributed by atoms with van der Waals surface area (Å²) in [5, 5.41) is 0. The van der Waals surface area contributed by atoms with Crippen molar-refractivity contribution in [2.24, 2.45) is 0 Å². The third-order valence-electron chi connectivity index (χ3n) is 6.66. The third-order valence-corrected chi connectivity index (χ3v) is 8.13. The predicted molar refractivity (Wildman–Crippen MR) is 132 cm³/mol. The van der Waals surface area contributed by atoms with Gasteiger partial charge in [0.15, 0.2) is 0 Å². The second kappa shape index (κ2) is 10.7. The Morgan fingerprint density at radius 1 is 0.971 bits per heavy atom. The number of rotatable bonds is 7. The maximum atomic E-state index is 13.5. The predicted octanol–water partition coefficient (Wildman–Crippen LogP) is 3.28. The lowest BCUT2D eigenvalue weighted by atomic mass is 10.1. The van der Waals surface area contributed by atoms with Crippen molar-refractivity contribution in [2.75, 3.05) is 24.5 Å². The Hall–Kier alpha value is -2.71. The van der Waals surface area contributed by atoms with Crippen LogP contribution in [0.5, 0.6) is 0 Å². The summed E-state index contributed by atoms with van der Waals surface area (Å²) in [5.41, 5.74) is 2.51. The third kappa shape index (κ3) is 5.50. The van der Waals surface area contributed by atoms with E-state index in [0.717, 1.165) is 42.5 Å². The van der Waals surface area contributed by atoms with Crippen LogP contribution in [0.3, 0.4) is 0 Å². The van der Waals surface area contributed by atoms with Crippen molar-refractivity contribution in [1.29, 1.82) is 0 Å². The van der Waals surface area contributed by atoms with Gasteiger partial charge in [0, 0.05) is 31.7 Å². The van der Waals surface area contributed by atoms with E-state index in [1.54, 1.807) is 21.9 Å². The highest BCUT2D eigenvalue weighted by molar-refractivity contribution is 7.89. The van der Waals surface area contributed by atoms with Crippen LogP contribution in [0.4, 0.5) is 5.69 Å². The number of fused-ring (bicyclic) bond motifs is 1. The van der Waals surface area contributed by atoms with E-state index in [-0.39, 0.29) is 16.7 Å². The summed E-state index contributed by atoms with van der Waals surface area (Å²) in [4.78, 5) is 29.3. The summed E-state index contributed by atoms with van der Waals surface area (Å²) in [6.45, 7) is 3.69. The molecule has 2 heterocycles. The number of amides is 2. The molecule has 2 aliphatic rings. The number of carbonyl (C=O) groups is 2. The standard InChI is InChI=1S/C26H33N3O4S/c1-2-25(30)29-17-14-21-19-22(12-13-24(21)29)34(32,33)27-23(18-20-10-6-5-7-11-20)26(31)28-15-8-3-4-9-16-28/h5-7,10-13,19,23,27H,2-4,8-9,14-18H2,1H3. The van der Waals surface area contributed by atoms with E-state index in [1.165, 1.54) is 6.07 Å². The van der Waals surface area contributed by atoms with Gasteiger partial charge in [-0.2, -0.15) is 4.72 Å². The van der Waals surface area contributed by atoms with Gasteiger partial charge in [0.2, 0.25) is 21.8 Å². The van der Waals surface area contributed by atoms with Gasteiger partial charge in [-0.1, -0.05) is 50.1 Å². The van der Waals surface area contributed by atoms with Crippen molar-refractivity contribution in [3.8, 4) is 0 Å². The van der Waals surface area contributed by atoms with Gasteiger partial charge in [0.05, 0.1) is 4.90 Å². The van der Waals surface area contributed by atoms with Crippen molar-refractivity contribution in [3.63, 3.8) is 0 Å². The summed E-state index contributed by atoms with van der Waals surface area (Å²) < 4.78 is 29.5. The fourth-order valence-corrected chi connectivity index (χ4v) is 6.03. The summed E-state index contributed by atoms with van der Waals surface area (Å²) in [5.74, 6) is -0.145. The highest BCUT2D eigenvalue weighted by Gasteiger charge is 2.31. The normalized spacial score (nSPS) is 17.2. The SMILES string of the molecule is CCC(=O)N1CCc2cc(S(=O)(=O)NC(Cc3ccccc3)C(=O)N3CCCCCC3)ccc21. The average molecular weight is 484 g/mol. The molecule has 1 atom stereocenters. The van der Waals surface area contributed by atoms with Gasteiger partial charge >= 0.3 is 0 Å². The second-order valence-electron chi connectivity index (χ2n) is 9.04. The number of anilines is 1. The molecule has 182 valence electrons. The van der Waals surface area contributed by atoms with E-state index in [4.69, 9.17) is 0 Å². The Morgan fingerprint density at radius 2 is 1.68 bits per heavy atom. The first-order valence-corrected chi connectivity index (χ1v) is 13.7. The minimum Gasteiger partial charge on any atom is -0.341 e. The molecular formula is C26H33N3O4S. The van der Waals surface area contributed by atoms with Gasteiger partial charge in [-0.15, -0.1) is 0 Å². The number of carbonyl (C=O) groups excluding carboxylic acids is 2. The van der Waals surface area contributed by atoms with Crippen LogP contribution in [-0.4, -0.2) is 50.8 Å². The molecule has 4 rings (SSSR count). The molecule has 34 heavy (non-hydrogen) atoms. The number of hydrogen-bond acceptors (Lipinski definition) is 4. The van der Waals surface area contributed by atoms with E-state index in [0.29, 0.717) is 38.9 Å². The molecule has 7 nitrogen and oxygen atoms in total. The molecule has 1 saturated heterocycles. The van der Waals surface area contributed by atoms with Gasteiger partial charge in [0.25, 0.3) is 0 Å². The van der Waals surface area contributed by atoms with E-state index in [1.807, 2.05) is 37.3 Å². The van der Waals surface area contributed by atoms with Crippen LogP contribution in [0.15, 0.2) is 53.4 Å². The Bertz CT molecular complexity index is 1130. The van der Waals surface area contributed by atoms with Gasteiger partial charge < -0.3 is 9.80 Å². The molecule has 1 unspecified atom stereocenters. The number of nitrogens with one attached hydrogen (secondary N) is 1. The minimum absolute atomic E-state index is 0.0263. The zero-order chi connectivity index (χ0) is 24.1. The molecule has 1 fully saturated rings. The molecular weight excluding hydrogens is 450 g/mol. The van der Waals surface area contributed by atoms with Gasteiger partial charge in [0.1, 0.15) is 6.04 Å². The lowest BCUT2D eigenvalue weighted by Gasteiger charge is -2.27. The van der Waals surface area contributed by atoms with Gasteiger partial charge in [-0.3, -0.25) is 9.59 Å². The van der Waals surface area contributed by atoms with E-state index in [9.17, 15) is 18.0 Å². The highest BCUT2D eigenvalue weighted by atomic mass is 32.2. The van der Waals surface area contributed by atoms with Crippen LogP contribution >= 0.6 is 0 Å². The molecule has 2 aromatic rings. The smallest absolute Gasteiger partial charge is 0.241 e. The topological polar surface area (TPSA) is 86.8 Å². The molecule has 1 N–H and O–H groups in total. The number of likely N-dealkylation sites (tertiary alicyclic amines) is 1. The first-order valence-electron chi connectivity index (χ1n) is 12.2. The van der Waals surface area contributed by atoms with Crippen LogP contribution in [0.2, 0.25) is 0 Å². The zero-order valence-electron chi connectivity index (χ0n) is 19.7. The first kappa shape index (κ1) is 24.4. The molecule has 0 spiro atoms. The summed E-state index contributed by atoms with van der Waals surface area (Å²) in [7, 11) is -3.94. The molecule has 2 aliphatic heterocycles. The highest BCUT2D eigenvalue weighted by Crippen LogP contribution is 2.31. The Balaban J connectivity index is 1.58. The lowest BCUT2D eigenvalue weighted by molar-refractivity contribution is -0.133. The Morgan fingerprint density at radius 3 is 2.35 bits per heavy atom. The zero-order valence-corrected chi connectivity index (χ0v) is 20.5. The van der Waals surface area contributed by atoms with Crippen molar-refractivity contribution < 1.29 is 18.0 Å². The van der Waals surface area contributed by atoms with Crippen LogP contribution < -0.4 is 9.62 Å². The van der Waals surface area contributed by atoms with Gasteiger partial charge in [-0.25, -0.2) is 8.42 Å². The van der Waals surface area contributed by atoms with Gasteiger partial charge in [-0.05, 0) is 55.0 Å². The lowest BCUT2D eigenvalue weighted by Crippen LogP contribution is -2.50. The molecule has 2 aromatic carbocycles. The molecule has 0 bridgehead atoms. The maximum absolute atomic E-state index is 13.5. The second-order valence-corrected chi connectivity index (χ2v) is 10.8. The number of hydrogen-bond donors (Lipinski definition) is 1. The first-order chi connectivity index (χ1) is 16.4. The van der Waals surface area contributed by atoms with Crippen molar-refractivity contribution in [2.45, 2.75) is 62.8 Å². The molecule has 8 heteroatoms. The maximum Gasteiger partial charge on any atom is 0.241 e. The molecule has 0 radical (unpaired) electrons. The molecule has 0 saturated carbocycles. The van der Waals surface area contributed by atoms with E-state index in [2.05, 4.69) is 4.72 Å². The van der Waals surface area contributed by atoms with Crippen LogP contribution in [-0.2, 0) is 32.5 Å². The van der Waals surface area contributed by atoms with Crippen molar-refractivity contribution in [3.05, 3.63) is 59.7 Å². The summed E-state index contributed by atoms with van der Waals surface area (Å²) in [6.07, 6.45) is 5.37. The van der Waals surface area contributed by atoms with E-state index < -0.39 is 16.1 Å². The number of benzene rings is 2. The van der Waals surface area contributed by atoms with E-state index >= 15 is 0 Å². The Kier molecular flexibility index (Phi) is 7.68. The van der Waals surface area contributed by atoms with Crippen molar-refractivity contribution >= 4 is 27.5 Å². The number of nitrogens with zero attached hydrogens (tertiary/aromatic N) is 2. The van der Waals surface area contributed by atoms with Crippen molar-refractivity contribution in [1.82, 2.24) is 9.62 Å². The molecule has 2 amide bonds. The fraction of sp³-hybridized carbons (Fsp3) is 0.462. The summed E-state index contributed by atoms with van der Waals surface area (Å²) in [6, 6.07) is 13.5. The van der Waals surface area contributed by atoms with Crippen LogP contribution in [0.1, 0.15) is 50.2 Å². The largest absolute Gasteiger partial charge is 0.341 e. The monoisotopic (exact) mass is 483 g/mol. The fourth-order valence-electron chi connectivity index (χ4n) is 4.79. The molecule has 0 aromatic heterocycles. The average Bonchev–Trinajstić information content (AvgIpc) is 3.08. The quantitative estimate of drug-likeness (QED) is 0.655. The van der Waals surface area contributed by atoms with Crippen LogP contribution in [0, 0.1) is 0 Å². The molecule has 0 aliphatic carbocycles. The number of sulfonamides is 1. The summed E-state index contributed by atoms with van der Waals surface area (Å²) >= 11 is 0. The Labute approximate surface area is 202 Å². The minimum atomic E-state index is -3.94.